The number of rotatable bonds is 8. The number of piperazine rings is 1. The molecule has 0 aromatic heterocycles. The maximum Gasteiger partial charge on any atom is 0.261 e. The van der Waals surface area contributed by atoms with Crippen molar-refractivity contribution in [1.29, 1.82) is 0 Å². The van der Waals surface area contributed by atoms with E-state index in [9.17, 15) is 22.8 Å². The first-order valence-corrected chi connectivity index (χ1v) is 13.0. The average molecular weight is 502 g/mol. The Bertz CT molecular complexity index is 1170. The van der Waals surface area contributed by atoms with Crippen LogP contribution in [0.15, 0.2) is 53.4 Å². The third kappa shape index (κ3) is 6.00. The zero-order valence-corrected chi connectivity index (χ0v) is 21.0. The van der Waals surface area contributed by atoms with Gasteiger partial charge in [-0.15, -0.1) is 0 Å². The molecule has 1 N–H and O–H groups in total. The molecule has 2 aromatic carbocycles. The molecule has 0 unspecified atom stereocenters. The van der Waals surface area contributed by atoms with Gasteiger partial charge in [0.05, 0.1) is 17.6 Å². The highest BCUT2D eigenvalue weighted by Gasteiger charge is 2.39. The summed E-state index contributed by atoms with van der Waals surface area (Å²) in [5.74, 6) is -1.22. The van der Waals surface area contributed by atoms with Crippen molar-refractivity contribution >= 4 is 27.6 Å². The summed E-state index contributed by atoms with van der Waals surface area (Å²) in [5.41, 5.74) is 0.972. The SMILES string of the molecule is CCCC(=O)N1CCN(C(=O)[C@H](NC(=O)c2ccccc2OC)S(=O)(=O)c2ccc(C)cc2)CC1. The maximum atomic E-state index is 13.5. The fraction of sp³-hybridized carbons (Fsp3) is 0.400. The lowest BCUT2D eigenvalue weighted by Crippen LogP contribution is -2.57. The minimum Gasteiger partial charge on any atom is -0.496 e. The van der Waals surface area contributed by atoms with Crippen LogP contribution in [-0.4, -0.2) is 74.6 Å². The Labute approximate surface area is 206 Å². The van der Waals surface area contributed by atoms with Crippen molar-refractivity contribution in [2.75, 3.05) is 33.3 Å². The number of benzene rings is 2. The molecular weight excluding hydrogens is 470 g/mol. The third-order valence-corrected chi connectivity index (χ3v) is 7.78. The van der Waals surface area contributed by atoms with E-state index in [2.05, 4.69) is 5.32 Å². The van der Waals surface area contributed by atoms with Gasteiger partial charge < -0.3 is 19.9 Å². The predicted molar refractivity (Wildman–Crippen MR) is 131 cm³/mol. The van der Waals surface area contributed by atoms with Crippen LogP contribution in [0.2, 0.25) is 0 Å². The van der Waals surface area contributed by atoms with E-state index < -0.39 is 27.0 Å². The van der Waals surface area contributed by atoms with Crippen molar-refractivity contribution < 1.29 is 27.5 Å². The summed E-state index contributed by atoms with van der Waals surface area (Å²) in [6.07, 6.45) is 1.15. The van der Waals surface area contributed by atoms with Crippen molar-refractivity contribution in [1.82, 2.24) is 15.1 Å². The van der Waals surface area contributed by atoms with Crippen LogP contribution in [0.1, 0.15) is 35.7 Å². The highest BCUT2D eigenvalue weighted by Crippen LogP contribution is 2.21. The number of methoxy groups -OCH3 is 1. The van der Waals surface area contributed by atoms with Gasteiger partial charge >= 0.3 is 0 Å². The van der Waals surface area contributed by atoms with Crippen molar-refractivity contribution in [2.45, 2.75) is 37.0 Å². The molecule has 1 aliphatic heterocycles. The molecule has 0 radical (unpaired) electrons. The van der Waals surface area contributed by atoms with E-state index in [-0.39, 0.29) is 35.2 Å². The van der Waals surface area contributed by atoms with Gasteiger partial charge in [0.1, 0.15) is 5.75 Å². The molecule has 0 bridgehead atoms. The number of nitrogens with zero attached hydrogens (tertiary/aromatic N) is 2. The van der Waals surface area contributed by atoms with E-state index in [4.69, 9.17) is 4.74 Å². The van der Waals surface area contributed by atoms with Crippen LogP contribution in [0.25, 0.3) is 0 Å². The van der Waals surface area contributed by atoms with Gasteiger partial charge in [-0.25, -0.2) is 8.42 Å². The Morgan fingerprint density at radius 1 is 0.971 bits per heavy atom. The summed E-state index contributed by atoms with van der Waals surface area (Å²) in [6.45, 7) is 4.71. The van der Waals surface area contributed by atoms with E-state index >= 15 is 0 Å². The largest absolute Gasteiger partial charge is 0.496 e. The Balaban J connectivity index is 1.89. The molecule has 1 aliphatic rings. The van der Waals surface area contributed by atoms with Gasteiger partial charge in [0.15, 0.2) is 0 Å². The van der Waals surface area contributed by atoms with Crippen LogP contribution in [0, 0.1) is 6.92 Å². The Hall–Kier alpha value is -3.40. The van der Waals surface area contributed by atoms with Gasteiger partial charge in [-0.1, -0.05) is 36.8 Å². The molecule has 3 rings (SSSR count). The fourth-order valence-electron chi connectivity index (χ4n) is 3.88. The predicted octanol–water partition coefficient (Wildman–Crippen LogP) is 2.00. The average Bonchev–Trinajstić information content (AvgIpc) is 2.87. The second-order valence-electron chi connectivity index (χ2n) is 8.37. The Kier molecular flexibility index (Phi) is 8.50. The molecular formula is C25H31N3O6S. The van der Waals surface area contributed by atoms with Crippen LogP contribution in [0.4, 0.5) is 0 Å². The number of sulfone groups is 1. The molecule has 35 heavy (non-hydrogen) atoms. The first-order chi connectivity index (χ1) is 16.7. The van der Waals surface area contributed by atoms with Crippen LogP contribution >= 0.6 is 0 Å². The summed E-state index contributed by atoms with van der Waals surface area (Å²) >= 11 is 0. The lowest BCUT2D eigenvalue weighted by Gasteiger charge is -2.36. The number of hydrogen-bond acceptors (Lipinski definition) is 6. The summed E-state index contributed by atoms with van der Waals surface area (Å²) in [6, 6.07) is 12.5. The summed E-state index contributed by atoms with van der Waals surface area (Å²) in [7, 11) is -2.87. The summed E-state index contributed by atoms with van der Waals surface area (Å²) < 4.78 is 32.3. The fourth-order valence-corrected chi connectivity index (χ4v) is 5.34. The topological polar surface area (TPSA) is 113 Å². The molecule has 0 aliphatic carbocycles. The van der Waals surface area contributed by atoms with E-state index in [1.807, 2.05) is 13.8 Å². The van der Waals surface area contributed by atoms with Gasteiger partial charge in [-0.2, -0.15) is 0 Å². The van der Waals surface area contributed by atoms with Crippen LogP contribution in [0.3, 0.4) is 0 Å². The van der Waals surface area contributed by atoms with Crippen molar-refractivity contribution in [2.24, 2.45) is 0 Å². The van der Waals surface area contributed by atoms with Crippen LogP contribution in [-0.2, 0) is 19.4 Å². The smallest absolute Gasteiger partial charge is 0.261 e. The van der Waals surface area contributed by atoms with E-state index in [1.165, 1.54) is 30.2 Å². The molecule has 3 amide bonds. The number of ether oxygens (including phenoxy) is 1. The molecule has 10 heteroatoms. The number of nitrogens with one attached hydrogen (secondary N) is 1. The summed E-state index contributed by atoms with van der Waals surface area (Å²) in [4.78, 5) is 41.8. The second-order valence-corrected chi connectivity index (χ2v) is 10.4. The third-order valence-electron chi connectivity index (χ3n) is 5.91. The molecule has 1 saturated heterocycles. The molecule has 0 spiro atoms. The first kappa shape index (κ1) is 26.2. The molecule has 1 fully saturated rings. The molecule has 2 aromatic rings. The molecule has 1 atom stereocenters. The lowest BCUT2D eigenvalue weighted by atomic mass is 10.2. The molecule has 9 nitrogen and oxygen atoms in total. The zero-order valence-electron chi connectivity index (χ0n) is 20.2. The van der Waals surface area contributed by atoms with Crippen LogP contribution < -0.4 is 10.1 Å². The highest BCUT2D eigenvalue weighted by molar-refractivity contribution is 7.92. The lowest BCUT2D eigenvalue weighted by molar-refractivity contribution is -0.139. The van der Waals surface area contributed by atoms with Gasteiger partial charge in [0.25, 0.3) is 11.8 Å². The standard InChI is InChI=1S/C25H31N3O6S/c1-4-7-22(29)27-14-16-28(17-15-27)25(31)24(35(32,33)19-12-10-18(2)11-13-19)26-23(30)20-8-5-6-9-21(20)34-3/h5-6,8-13,24H,4,7,14-17H2,1-3H3,(H,26,30)/t24-/m1/s1. The number of carbonyl (C=O) groups excluding carboxylic acids is 3. The van der Waals surface area contributed by atoms with Gasteiger partial charge in [0, 0.05) is 32.6 Å². The Morgan fingerprint density at radius 2 is 1.57 bits per heavy atom. The number of para-hydroxylation sites is 1. The van der Waals surface area contributed by atoms with Gasteiger partial charge in [-0.05, 0) is 37.6 Å². The van der Waals surface area contributed by atoms with Crippen LogP contribution in [0.5, 0.6) is 5.75 Å². The quantitative estimate of drug-likeness (QED) is 0.592. The Morgan fingerprint density at radius 3 is 2.17 bits per heavy atom. The van der Waals surface area contributed by atoms with E-state index in [0.29, 0.717) is 19.5 Å². The van der Waals surface area contributed by atoms with E-state index in [1.54, 1.807) is 35.2 Å². The number of amides is 3. The van der Waals surface area contributed by atoms with Gasteiger partial charge in [0.2, 0.25) is 21.1 Å². The van der Waals surface area contributed by atoms with Crippen molar-refractivity contribution in [3.63, 3.8) is 0 Å². The number of carbonyl (C=O) groups is 3. The van der Waals surface area contributed by atoms with Crippen molar-refractivity contribution in [3.8, 4) is 5.75 Å². The van der Waals surface area contributed by atoms with Crippen molar-refractivity contribution in [3.05, 3.63) is 59.7 Å². The minimum atomic E-state index is -4.27. The highest BCUT2D eigenvalue weighted by atomic mass is 32.2. The normalized spacial score (nSPS) is 14.8. The molecule has 1 heterocycles. The second kappa shape index (κ2) is 11.4. The molecule has 188 valence electrons. The first-order valence-electron chi connectivity index (χ1n) is 11.5. The van der Waals surface area contributed by atoms with Gasteiger partial charge in [-0.3, -0.25) is 14.4 Å². The molecule has 0 saturated carbocycles. The summed E-state index contributed by atoms with van der Waals surface area (Å²) in [5, 5.41) is 0.601. The van der Waals surface area contributed by atoms with E-state index in [0.717, 1.165) is 12.0 Å². The minimum absolute atomic E-state index is 0.00732. The maximum absolute atomic E-state index is 13.5. The zero-order chi connectivity index (χ0) is 25.6. The monoisotopic (exact) mass is 501 g/mol. The number of aryl methyl sites for hydroxylation is 1. The number of hydrogen-bond donors (Lipinski definition) is 1.